The lowest BCUT2D eigenvalue weighted by Gasteiger charge is -2.25. The fourth-order valence-corrected chi connectivity index (χ4v) is 3.71. The van der Waals surface area contributed by atoms with Gasteiger partial charge in [-0.25, -0.2) is 9.07 Å². The van der Waals surface area contributed by atoms with Crippen molar-refractivity contribution >= 4 is 0 Å². The van der Waals surface area contributed by atoms with Crippen LogP contribution in [0.1, 0.15) is 24.1 Å². The summed E-state index contributed by atoms with van der Waals surface area (Å²) >= 11 is 0. The molecule has 164 valence electrons. The zero-order valence-corrected chi connectivity index (χ0v) is 17.9. The number of hydrogen-bond acceptors (Lipinski definition) is 5. The number of nitrogens with zero attached hydrogens (tertiary/aromatic N) is 3. The number of benzene rings is 2. The van der Waals surface area contributed by atoms with E-state index in [4.69, 9.17) is 14.6 Å². The third-order valence-corrected chi connectivity index (χ3v) is 5.38. The molecule has 1 aliphatic carbocycles. The number of halogens is 1. The van der Waals surface area contributed by atoms with Crippen LogP contribution < -0.4 is 4.74 Å². The minimum atomic E-state index is -0.567. The van der Waals surface area contributed by atoms with Crippen LogP contribution in [0.25, 0.3) is 5.69 Å². The number of aryl methyl sites for hydroxylation is 1. The summed E-state index contributed by atoms with van der Waals surface area (Å²) in [5.41, 5.74) is 2.62. The Labute approximate surface area is 181 Å². The molecule has 1 heterocycles. The van der Waals surface area contributed by atoms with Gasteiger partial charge in [0.15, 0.2) is 0 Å². The van der Waals surface area contributed by atoms with Gasteiger partial charge in [-0.2, -0.15) is 5.10 Å². The van der Waals surface area contributed by atoms with Crippen LogP contribution in [0.4, 0.5) is 4.39 Å². The lowest BCUT2D eigenvalue weighted by molar-refractivity contribution is 0.0335. The molecular weight excluding hydrogens is 397 g/mol. The van der Waals surface area contributed by atoms with Crippen LogP contribution in [0, 0.1) is 12.7 Å². The second-order valence-electron chi connectivity index (χ2n) is 7.95. The van der Waals surface area contributed by atoms with Gasteiger partial charge in [0, 0.05) is 32.3 Å². The quantitative estimate of drug-likeness (QED) is 0.530. The maximum Gasteiger partial charge on any atom is 0.227 e. The summed E-state index contributed by atoms with van der Waals surface area (Å²) in [6.07, 6.45) is 1.64. The Bertz CT molecular complexity index is 1000. The Morgan fingerprint density at radius 2 is 1.97 bits per heavy atom. The molecule has 0 bridgehead atoms. The van der Waals surface area contributed by atoms with Gasteiger partial charge in [0.2, 0.25) is 5.88 Å². The number of aliphatic hydroxyl groups is 1. The van der Waals surface area contributed by atoms with Crippen LogP contribution in [-0.4, -0.2) is 52.2 Å². The maximum absolute atomic E-state index is 13.8. The van der Waals surface area contributed by atoms with Gasteiger partial charge in [-0.1, -0.05) is 24.3 Å². The molecule has 3 aromatic rings. The lowest BCUT2D eigenvalue weighted by Crippen LogP contribution is -2.36. The SMILES string of the molecule is COCC(O)CN(Cc1c(C)nn(-c2ccccc2)c1Oc1cccc(F)c1)C1CC1. The van der Waals surface area contributed by atoms with Crippen molar-refractivity contribution in [2.24, 2.45) is 0 Å². The number of aromatic nitrogens is 2. The average Bonchev–Trinajstić information content (AvgIpc) is 3.55. The van der Waals surface area contributed by atoms with E-state index in [-0.39, 0.29) is 12.4 Å². The number of hydrogen-bond donors (Lipinski definition) is 1. The highest BCUT2D eigenvalue weighted by atomic mass is 19.1. The zero-order chi connectivity index (χ0) is 21.8. The molecule has 1 atom stereocenters. The van der Waals surface area contributed by atoms with Crippen LogP contribution in [0.3, 0.4) is 0 Å². The molecule has 1 aromatic heterocycles. The third-order valence-electron chi connectivity index (χ3n) is 5.38. The molecule has 0 spiro atoms. The highest BCUT2D eigenvalue weighted by Crippen LogP contribution is 2.35. The predicted molar refractivity (Wildman–Crippen MR) is 116 cm³/mol. The van der Waals surface area contributed by atoms with Crippen molar-refractivity contribution in [3.8, 4) is 17.3 Å². The van der Waals surface area contributed by atoms with Gasteiger partial charge in [0.25, 0.3) is 0 Å². The first-order chi connectivity index (χ1) is 15.0. The lowest BCUT2D eigenvalue weighted by atomic mass is 10.2. The summed E-state index contributed by atoms with van der Waals surface area (Å²) in [5.74, 6) is 0.612. The summed E-state index contributed by atoms with van der Waals surface area (Å²) in [7, 11) is 1.59. The van der Waals surface area contributed by atoms with E-state index in [9.17, 15) is 9.50 Å². The molecule has 1 unspecified atom stereocenters. The van der Waals surface area contributed by atoms with Crippen LogP contribution in [-0.2, 0) is 11.3 Å². The van der Waals surface area contributed by atoms with E-state index in [2.05, 4.69) is 4.90 Å². The molecule has 7 heteroatoms. The smallest absolute Gasteiger partial charge is 0.227 e. The molecule has 4 rings (SSSR count). The Balaban J connectivity index is 1.69. The average molecular weight is 426 g/mol. The highest BCUT2D eigenvalue weighted by molar-refractivity contribution is 5.43. The molecule has 1 saturated carbocycles. The normalized spacial score (nSPS) is 14.7. The summed E-state index contributed by atoms with van der Waals surface area (Å²) in [6.45, 7) is 3.32. The fraction of sp³-hybridized carbons (Fsp3) is 0.375. The minimum absolute atomic E-state index is 0.290. The van der Waals surface area contributed by atoms with E-state index in [1.807, 2.05) is 37.3 Å². The first kappa shape index (κ1) is 21.5. The molecule has 6 nitrogen and oxygen atoms in total. The van der Waals surface area contributed by atoms with Gasteiger partial charge < -0.3 is 14.6 Å². The van der Waals surface area contributed by atoms with Crippen LogP contribution in [0.5, 0.6) is 11.6 Å². The van der Waals surface area contributed by atoms with Crippen molar-refractivity contribution in [3.05, 3.63) is 71.7 Å². The molecule has 2 aromatic carbocycles. The summed E-state index contributed by atoms with van der Waals surface area (Å²) in [5, 5.41) is 15.0. The zero-order valence-electron chi connectivity index (χ0n) is 17.9. The van der Waals surface area contributed by atoms with Crippen molar-refractivity contribution in [3.63, 3.8) is 0 Å². The summed E-state index contributed by atoms with van der Waals surface area (Å²) in [4.78, 5) is 2.25. The predicted octanol–water partition coefficient (Wildman–Crippen LogP) is 4.08. The molecule has 31 heavy (non-hydrogen) atoms. The number of aliphatic hydroxyl groups excluding tert-OH is 1. The van der Waals surface area contributed by atoms with Gasteiger partial charge in [-0.05, 0) is 44.0 Å². The second-order valence-corrected chi connectivity index (χ2v) is 7.95. The van der Waals surface area contributed by atoms with Crippen molar-refractivity contribution in [2.45, 2.75) is 38.5 Å². The van der Waals surface area contributed by atoms with Crippen molar-refractivity contribution in [2.75, 3.05) is 20.3 Å². The first-order valence-corrected chi connectivity index (χ1v) is 10.5. The Morgan fingerprint density at radius 3 is 2.65 bits per heavy atom. The van der Waals surface area contributed by atoms with E-state index in [1.54, 1.807) is 23.9 Å². The minimum Gasteiger partial charge on any atom is -0.438 e. The summed E-state index contributed by atoms with van der Waals surface area (Å²) in [6, 6.07) is 16.3. The van der Waals surface area contributed by atoms with Gasteiger partial charge in [0.05, 0.1) is 29.7 Å². The van der Waals surface area contributed by atoms with E-state index in [1.165, 1.54) is 12.1 Å². The van der Waals surface area contributed by atoms with Crippen LogP contribution >= 0.6 is 0 Å². The van der Waals surface area contributed by atoms with Crippen LogP contribution in [0.2, 0.25) is 0 Å². The molecule has 1 aliphatic rings. The van der Waals surface area contributed by atoms with Crippen LogP contribution in [0.15, 0.2) is 54.6 Å². The molecule has 0 radical (unpaired) electrons. The monoisotopic (exact) mass is 425 g/mol. The number of para-hydroxylation sites is 1. The van der Waals surface area contributed by atoms with Gasteiger partial charge >= 0.3 is 0 Å². The van der Waals surface area contributed by atoms with Gasteiger partial charge in [0.1, 0.15) is 11.6 Å². The van der Waals surface area contributed by atoms with Crippen molar-refractivity contribution in [1.29, 1.82) is 0 Å². The van der Waals surface area contributed by atoms with Crippen molar-refractivity contribution < 1.29 is 19.0 Å². The maximum atomic E-state index is 13.8. The van der Waals surface area contributed by atoms with Gasteiger partial charge in [-0.3, -0.25) is 4.90 Å². The Hall–Kier alpha value is -2.74. The Kier molecular flexibility index (Phi) is 6.65. The standard InChI is InChI=1S/C24H28FN3O3/c1-17-23(15-27(19-11-12-19)14-21(29)16-30-2)24(31-22-10-6-7-18(25)13-22)28(26-17)20-8-4-3-5-9-20/h3-10,13,19,21,29H,11-12,14-16H2,1-2H3. The highest BCUT2D eigenvalue weighted by Gasteiger charge is 2.32. The van der Waals surface area contributed by atoms with E-state index >= 15 is 0 Å². The van der Waals surface area contributed by atoms with E-state index in [0.29, 0.717) is 30.8 Å². The topological polar surface area (TPSA) is 59.8 Å². The molecule has 1 N–H and O–H groups in total. The molecule has 0 amide bonds. The van der Waals surface area contributed by atoms with E-state index < -0.39 is 6.10 Å². The molecule has 0 aliphatic heterocycles. The number of rotatable bonds is 10. The van der Waals surface area contributed by atoms with Gasteiger partial charge in [-0.15, -0.1) is 0 Å². The second kappa shape index (κ2) is 9.60. The summed E-state index contributed by atoms with van der Waals surface area (Å²) < 4.78 is 26.8. The number of methoxy groups -OCH3 is 1. The van der Waals surface area contributed by atoms with E-state index in [0.717, 1.165) is 29.8 Å². The third kappa shape index (κ3) is 5.31. The molecule has 1 fully saturated rings. The molecule has 0 saturated heterocycles. The largest absolute Gasteiger partial charge is 0.438 e. The number of ether oxygens (including phenoxy) is 2. The fourth-order valence-electron chi connectivity index (χ4n) is 3.71. The molecular formula is C24H28FN3O3. The first-order valence-electron chi connectivity index (χ1n) is 10.5. The Morgan fingerprint density at radius 1 is 1.19 bits per heavy atom. The van der Waals surface area contributed by atoms with Crippen molar-refractivity contribution in [1.82, 2.24) is 14.7 Å².